The maximum absolute atomic E-state index is 12.3. The number of aromatic amines is 1. The van der Waals surface area contributed by atoms with Gasteiger partial charge in [0.25, 0.3) is 0 Å². The van der Waals surface area contributed by atoms with Crippen molar-refractivity contribution in [2.24, 2.45) is 0 Å². The van der Waals surface area contributed by atoms with Crippen LogP contribution < -0.4 is 0 Å². The van der Waals surface area contributed by atoms with Crippen LogP contribution in [0.25, 0.3) is 33.5 Å². The fraction of sp³-hybridized carbons (Fsp3) is 0.200. The number of benzene rings is 1. The maximum atomic E-state index is 12.3. The van der Waals surface area contributed by atoms with E-state index in [2.05, 4.69) is 27.7 Å². The van der Waals surface area contributed by atoms with Gasteiger partial charge in [-0.3, -0.25) is 0 Å². The Kier molecular flexibility index (Phi) is 4.36. The second-order valence-electron chi connectivity index (χ2n) is 6.74. The average molecular weight is 400 g/mol. The quantitative estimate of drug-likeness (QED) is 0.518. The molecule has 0 amide bonds. The molecule has 0 saturated carbocycles. The van der Waals surface area contributed by atoms with E-state index in [0.717, 1.165) is 27.9 Å². The van der Waals surface area contributed by atoms with Gasteiger partial charge < -0.3 is 4.98 Å². The minimum absolute atomic E-state index is 0. The van der Waals surface area contributed by atoms with Gasteiger partial charge in [-0.05, 0) is 54.8 Å². The number of nitrogens with one attached hydrogen (secondary N) is 1. The number of sulfone groups is 1. The molecular weight excluding hydrogens is 378 g/mol. The number of aromatic nitrogens is 3. The van der Waals surface area contributed by atoms with E-state index in [-0.39, 0.29) is 1.43 Å². The number of nitrogens with zero attached hydrogens (tertiary/aromatic N) is 2. The second kappa shape index (κ2) is 6.58. The van der Waals surface area contributed by atoms with E-state index in [4.69, 9.17) is 4.98 Å². The van der Waals surface area contributed by atoms with Crippen molar-refractivity contribution in [3.05, 3.63) is 53.0 Å². The summed E-state index contributed by atoms with van der Waals surface area (Å²) in [6.07, 6.45) is 3.64. The monoisotopic (exact) mass is 399 g/mol. The highest BCUT2D eigenvalue weighted by Crippen LogP contribution is 2.32. The van der Waals surface area contributed by atoms with Crippen molar-refractivity contribution in [3.63, 3.8) is 0 Å². The Balaban J connectivity index is 0.00000225. The van der Waals surface area contributed by atoms with Gasteiger partial charge in [0, 0.05) is 18.8 Å². The maximum Gasteiger partial charge on any atom is 0.180 e. The van der Waals surface area contributed by atoms with Gasteiger partial charge in [-0.2, -0.15) is 11.3 Å². The molecule has 0 fully saturated rings. The van der Waals surface area contributed by atoms with Crippen LogP contribution in [0.5, 0.6) is 0 Å². The van der Waals surface area contributed by atoms with Crippen molar-refractivity contribution in [2.75, 3.05) is 0 Å². The molecule has 1 aromatic carbocycles. The first kappa shape index (κ1) is 17.9. The number of fused-ring (bicyclic) bond motifs is 1. The molecule has 0 atom stereocenters. The molecule has 0 saturated heterocycles. The van der Waals surface area contributed by atoms with Crippen LogP contribution in [0.3, 0.4) is 0 Å². The predicted molar refractivity (Wildman–Crippen MR) is 112 cm³/mol. The molecule has 5 nitrogen and oxygen atoms in total. The van der Waals surface area contributed by atoms with Crippen LogP contribution in [0.1, 0.15) is 20.8 Å². The highest BCUT2D eigenvalue weighted by Gasteiger charge is 2.19. The molecule has 0 radical (unpaired) electrons. The Labute approximate surface area is 163 Å². The van der Waals surface area contributed by atoms with Gasteiger partial charge in [0.1, 0.15) is 5.52 Å². The summed E-state index contributed by atoms with van der Waals surface area (Å²) < 4.78 is 24.6. The number of hydrogen-bond donors (Lipinski definition) is 1. The van der Waals surface area contributed by atoms with Gasteiger partial charge in [-0.25, -0.2) is 18.4 Å². The molecule has 0 unspecified atom stereocenters. The van der Waals surface area contributed by atoms with Crippen molar-refractivity contribution in [1.29, 1.82) is 0 Å². The Morgan fingerprint density at radius 3 is 2.48 bits per heavy atom. The van der Waals surface area contributed by atoms with Gasteiger partial charge in [0.15, 0.2) is 15.5 Å². The van der Waals surface area contributed by atoms with Crippen molar-refractivity contribution in [3.8, 4) is 22.4 Å². The first-order valence-electron chi connectivity index (χ1n) is 8.59. The second-order valence-corrected chi connectivity index (χ2v) is 9.99. The highest BCUT2D eigenvalue weighted by molar-refractivity contribution is 7.92. The zero-order valence-electron chi connectivity index (χ0n) is 15.2. The topological polar surface area (TPSA) is 75.7 Å². The van der Waals surface area contributed by atoms with Gasteiger partial charge in [0.2, 0.25) is 0 Å². The molecule has 1 N–H and O–H groups in total. The first-order chi connectivity index (χ1) is 12.9. The lowest BCUT2D eigenvalue weighted by molar-refractivity contribution is 0.587. The molecule has 0 aliphatic heterocycles. The Morgan fingerprint density at radius 2 is 1.85 bits per heavy atom. The summed E-state index contributed by atoms with van der Waals surface area (Å²) in [5.41, 5.74) is 6.47. The SMILES string of the molecule is Cc1cscc1-c1c[nH]c2ncc(-c3ccc(S(=O)(=O)C(C)C)cc3)nc12.[HH]. The van der Waals surface area contributed by atoms with Crippen molar-refractivity contribution >= 4 is 32.3 Å². The summed E-state index contributed by atoms with van der Waals surface area (Å²) in [7, 11) is -3.28. The van der Waals surface area contributed by atoms with E-state index in [0.29, 0.717) is 10.6 Å². The average Bonchev–Trinajstić information content (AvgIpc) is 3.26. The van der Waals surface area contributed by atoms with Gasteiger partial charge in [-0.1, -0.05) is 12.1 Å². The Morgan fingerprint density at radius 1 is 1.11 bits per heavy atom. The fourth-order valence-corrected chi connectivity index (χ4v) is 4.87. The van der Waals surface area contributed by atoms with Gasteiger partial charge in [0.05, 0.1) is 22.0 Å². The number of thiophene rings is 1. The lowest BCUT2D eigenvalue weighted by atomic mass is 10.1. The number of rotatable bonds is 4. The summed E-state index contributed by atoms with van der Waals surface area (Å²) in [5.74, 6) is 0. The Hall–Kier alpha value is -2.51. The van der Waals surface area contributed by atoms with Crippen LogP contribution in [-0.2, 0) is 9.84 Å². The van der Waals surface area contributed by atoms with E-state index in [1.54, 1.807) is 55.6 Å². The lowest BCUT2D eigenvalue weighted by Gasteiger charge is -2.08. The van der Waals surface area contributed by atoms with Crippen LogP contribution in [-0.4, -0.2) is 28.6 Å². The number of aryl methyl sites for hydroxylation is 1. The summed E-state index contributed by atoms with van der Waals surface area (Å²) in [4.78, 5) is 12.8. The third kappa shape index (κ3) is 3.07. The van der Waals surface area contributed by atoms with Crippen LogP contribution in [0.15, 0.2) is 52.3 Å². The molecule has 3 aromatic heterocycles. The zero-order valence-corrected chi connectivity index (χ0v) is 16.9. The van der Waals surface area contributed by atoms with Crippen molar-refractivity contribution < 1.29 is 9.84 Å². The number of hydrogen-bond acceptors (Lipinski definition) is 5. The van der Waals surface area contributed by atoms with Crippen LogP contribution in [0.4, 0.5) is 0 Å². The molecule has 0 spiro atoms. The molecule has 4 aromatic rings. The smallest absolute Gasteiger partial charge is 0.180 e. The third-order valence-electron chi connectivity index (χ3n) is 4.63. The van der Waals surface area contributed by atoms with Crippen molar-refractivity contribution in [2.45, 2.75) is 30.9 Å². The summed E-state index contributed by atoms with van der Waals surface area (Å²) in [5, 5.41) is 3.77. The van der Waals surface area contributed by atoms with Crippen LogP contribution in [0.2, 0.25) is 0 Å². The molecule has 0 aliphatic rings. The van der Waals surface area contributed by atoms with E-state index in [9.17, 15) is 8.42 Å². The largest absolute Gasteiger partial charge is 0.344 e. The highest BCUT2D eigenvalue weighted by atomic mass is 32.2. The zero-order chi connectivity index (χ0) is 19.2. The standard InChI is InChI=1S/C20H19N3O2S2.H2/c1-12(2)27(24,25)15-6-4-14(5-7-15)18-9-22-20-19(23-18)16(8-21-20)17-11-26-10-13(17)3;/h4-12H,1-3H3,(H,21,22);1H. The van der Waals surface area contributed by atoms with E-state index in [1.165, 1.54) is 5.56 Å². The molecule has 140 valence electrons. The van der Waals surface area contributed by atoms with E-state index in [1.807, 2.05) is 6.20 Å². The van der Waals surface area contributed by atoms with E-state index < -0.39 is 15.1 Å². The normalized spacial score (nSPS) is 12.1. The van der Waals surface area contributed by atoms with E-state index >= 15 is 0 Å². The molecule has 4 rings (SSSR count). The molecule has 27 heavy (non-hydrogen) atoms. The minimum atomic E-state index is -3.28. The van der Waals surface area contributed by atoms with Crippen LogP contribution in [0, 0.1) is 6.92 Å². The third-order valence-corrected chi connectivity index (χ3v) is 7.66. The van der Waals surface area contributed by atoms with Gasteiger partial charge in [-0.15, -0.1) is 0 Å². The minimum Gasteiger partial charge on any atom is -0.344 e. The molecule has 0 bridgehead atoms. The number of H-pyrrole nitrogens is 1. The fourth-order valence-electron chi connectivity index (χ4n) is 2.96. The van der Waals surface area contributed by atoms with Crippen molar-refractivity contribution in [1.82, 2.24) is 15.0 Å². The molecular formula is C20H21N3O2S2. The predicted octanol–water partition coefficient (Wildman–Crippen LogP) is 5.09. The lowest BCUT2D eigenvalue weighted by Crippen LogP contribution is -2.13. The summed E-state index contributed by atoms with van der Waals surface area (Å²) >= 11 is 1.66. The molecule has 3 heterocycles. The van der Waals surface area contributed by atoms with Crippen LogP contribution >= 0.6 is 11.3 Å². The molecule has 0 aliphatic carbocycles. The Bertz CT molecular complexity index is 1230. The first-order valence-corrected chi connectivity index (χ1v) is 11.1. The summed E-state index contributed by atoms with van der Waals surface area (Å²) in [6.45, 7) is 5.45. The summed E-state index contributed by atoms with van der Waals surface area (Å²) in [6, 6.07) is 6.84. The van der Waals surface area contributed by atoms with Gasteiger partial charge >= 0.3 is 0 Å². The molecule has 7 heteroatoms.